The summed E-state index contributed by atoms with van der Waals surface area (Å²) in [5, 5.41) is 7.77. The number of hydrogen-bond donors (Lipinski definition) is 0. The van der Waals surface area contributed by atoms with Gasteiger partial charge in [0.15, 0.2) is 0 Å². The first kappa shape index (κ1) is 40.4. The van der Waals surface area contributed by atoms with Crippen molar-refractivity contribution in [3.8, 4) is 22.5 Å². The lowest BCUT2D eigenvalue weighted by atomic mass is 9.67. The van der Waals surface area contributed by atoms with Gasteiger partial charge in [0.2, 0.25) is 0 Å². The van der Waals surface area contributed by atoms with Gasteiger partial charge in [0.05, 0.1) is 33.4 Å². The van der Waals surface area contributed by atoms with Gasteiger partial charge >= 0.3 is 0 Å². The molecule has 0 amide bonds. The van der Waals surface area contributed by atoms with Crippen LogP contribution in [0.1, 0.15) is 112 Å². The number of para-hydroxylation sites is 4. The van der Waals surface area contributed by atoms with E-state index >= 15 is 0 Å². The van der Waals surface area contributed by atoms with E-state index in [0.717, 1.165) is 23.4 Å². The molecule has 8 aromatic carbocycles. The van der Waals surface area contributed by atoms with Crippen LogP contribution < -0.4 is 0 Å². The van der Waals surface area contributed by atoms with Crippen LogP contribution in [-0.4, -0.2) is 9.13 Å². The lowest BCUT2D eigenvalue weighted by molar-refractivity contribution is 0.587. The SMILES string of the molecule is C/C=C/c1cc(-n2c3ccccc3c3ccccc32)c(/C=C/c2ccc3c4c(cc(C(C)(C)C)cc24)C2CC=C(C)c4cc(C(C)(C)C)cc-3c42)cc1-n1c2ccccc2c2ccccc21. The molecule has 1 atom stereocenters. The van der Waals surface area contributed by atoms with Gasteiger partial charge < -0.3 is 9.13 Å². The lowest BCUT2D eigenvalue weighted by Crippen LogP contribution is -2.19. The highest BCUT2D eigenvalue weighted by Gasteiger charge is 2.34. The summed E-state index contributed by atoms with van der Waals surface area (Å²) >= 11 is 0. The van der Waals surface area contributed by atoms with Crippen molar-refractivity contribution in [2.24, 2.45) is 0 Å². The van der Waals surface area contributed by atoms with Crippen molar-refractivity contribution >= 4 is 78.2 Å². The van der Waals surface area contributed by atoms with E-state index in [0.29, 0.717) is 5.92 Å². The fraction of sp³-hybridized carbons (Fsp3) is 0.188. The second-order valence-corrected chi connectivity index (χ2v) is 20.9. The molecule has 0 fully saturated rings. The van der Waals surface area contributed by atoms with Gasteiger partial charge in [-0.25, -0.2) is 0 Å². The molecule has 10 aromatic rings. The first-order valence-corrected chi connectivity index (χ1v) is 23.8. The fourth-order valence-electron chi connectivity index (χ4n) is 11.4. The molecule has 2 nitrogen and oxygen atoms in total. The zero-order valence-electron chi connectivity index (χ0n) is 39.4. The zero-order valence-corrected chi connectivity index (χ0v) is 39.4. The van der Waals surface area contributed by atoms with Crippen molar-refractivity contribution in [3.63, 3.8) is 0 Å². The molecule has 2 aliphatic carbocycles. The lowest BCUT2D eigenvalue weighted by Gasteiger charge is -2.36. The average Bonchev–Trinajstić information content (AvgIpc) is 3.83. The molecule has 2 heteroatoms. The van der Waals surface area contributed by atoms with Crippen molar-refractivity contribution < 1.29 is 0 Å². The summed E-state index contributed by atoms with van der Waals surface area (Å²) in [7, 11) is 0. The second kappa shape index (κ2) is 14.7. The molecule has 1 unspecified atom stereocenters. The third-order valence-electron chi connectivity index (χ3n) is 14.8. The van der Waals surface area contributed by atoms with Crippen LogP contribution >= 0.6 is 0 Å². The van der Waals surface area contributed by atoms with E-state index in [4.69, 9.17) is 0 Å². The van der Waals surface area contributed by atoms with E-state index in [2.05, 4.69) is 240 Å². The third-order valence-corrected chi connectivity index (χ3v) is 14.8. The Morgan fingerprint density at radius 3 is 1.45 bits per heavy atom. The van der Waals surface area contributed by atoms with E-state index < -0.39 is 0 Å². The minimum Gasteiger partial charge on any atom is -0.309 e. The Hall–Kier alpha value is -7.16. The van der Waals surface area contributed by atoms with Gasteiger partial charge in [-0.3, -0.25) is 0 Å². The van der Waals surface area contributed by atoms with Crippen molar-refractivity contribution in [1.82, 2.24) is 9.13 Å². The van der Waals surface area contributed by atoms with Crippen LogP contribution in [0.2, 0.25) is 0 Å². The van der Waals surface area contributed by atoms with Crippen molar-refractivity contribution in [1.29, 1.82) is 0 Å². The molecule has 12 rings (SSSR count). The molecule has 2 heterocycles. The first-order chi connectivity index (χ1) is 31.9. The smallest absolute Gasteiger partial charge is 0.0542 e. The van der Waals surface area contributed by atoms with E-state index in [1.807, 2.05) is 0 Å². The zero-order chi connectivity index (χ0) is 45.2. The van der Waals surface area contributed by atoms with E-state index in [-0.39, 0.29) is 10.8 Å². The van der Waals surface area contributed by atoms with Gasteiger partial charge in [-0.05, 0) is 134 Å². The van der Waals surface area contributed by atoms with Crippen LogP contribution in [0.4, 0.5) is 0 Å². The number of fused-ring (bicyclic) bond motifs is 8. The molecule has 0 aliphatic heterocycles. The molecule has 0 radical (unpaired) electrons. The van der Waals surface area contributed by atoms with Crippen LogP contribution in [0, 0.1) is 0 Å². The monoisotopic (exact) mass is 852 g/mol. The number of aromatic nitrogens is 2. The van der Waals surface area contributed by atoms with Crippen LogP contribution in [0.5, 0.6) is 0 Å². The minimum absolute atomic E-state index is 0.0230. The summed E-state index contributed by atoms with van der Waals surface area (Å²) in [4.78, 5) is 0. The van der Waals surface area contributed by atoms with Gasteiger partial charge in [-0.2, -0.15) is 0 Å². The van der Waals surface area contributed by atoms with Gasteiger partial charge in [-0.15, -0.1) is 0 Å². The predicted octanol–water partition coefficient (Wildman–Crippen LogP) is 17.8. The Bertz CT molecular complexity index is 3660. The van der Waals surface area contributed by atoms with Crippen molar-refractivity contribution in [2.75, 3.05) is 0 Å². The van der Waals surface area contributed by atoms with E-state index in [1.165, 1.54) is 110 Å². The van der Waals surface area contributed by atoms with Crippen LogP contribution in [0.25, 0.3) is 101 Å². The van der Waals surface area contributed by atoms with Crippen molar-refractivity contribution in [2.45, 2.75) is 78.6 Å². The molecular formula is C64H56N2. The van der Waals surface area contributed by atoms with Crippen LogP contribution in [0.3, 0.4) is 0 Å². The Kier molecular flexibility index (Phi) is 8.97. The summed E-state index contributed by atoms with van der Waals surface area (Å²) in [6, 6.07) is 55.2. The van der Waals surface area contributed by atoms with Crippen molar-refractivity contribution in [3.05, 3.63) is 202 Å². The highest BCUT2D eigenvalue weighted by Crippen LogP contribution is 2.54. The minimum atomic E-state index is -0.0230. The fourth-order valence-corrected chi connectivity index (χ4v) is 11.4. The summed E-state index contributed by atoms with van der Waals surface area (Å²) in [5.74, 6) is 0.319. The maximum Gasteiger partial charge on any atom is 0.0542 e. The summed E-state index contributed by atoms with van der Waals surface area (Å²) in [6.45, 7) is 18.6. The van der Waals surface area contributed by atoms with E-state index in [9.17, 15) is 0 Å². The Morgan fingerprint density at radius 1 is 0.470 bits per heavy atom. The van der Waals surface area contributed by atoms with Crippen LogP contribution in [0.15, 0.2) is 158 Å². The number of allylic oxidation sites excluding steroid dienone is 3. The quantitative estimate of drug-likeness (QED) is 0.153. The summed E-state index contributed by atoms with van der Waals surface area (Å²) in [5.41, 5.74) is 22.1. The topological polar surface area (TPSA) is 9.86 Å². The standard InChI is InChI=1S/C64H56N2/c1-9-18-41-33-60(66-57-25-16-12-21-47(57)48-22-13-17-26-58(48)66)42(34-59(41)65-55-23-14-10-19-45(55)46-20-11-15-24-56(46)65)29-28-40-30-32-50-53-37-43(63(3,4)5)35-51-39(2)27-31-49(61(51)53)54-38-44(64(6,7)8)36-52(40)62(50)54/h9-30,32-38,49H,31H2,1-8H3/b18-9+,29-28+. The number of rotatable bonds is 5. The van der Waals surface area contributed by atoms with Gasteiger partial charge in [0.1, 0.15) is 0 Å². The maximum atomic E-state index is 2.56. The number of benzene rings is 8. The molecule has 0 saturated carbocycles. The predicted molar refractivity (Wildman–Crippen MR) is 286 cm³/mol. The number of nitrogens with zero attached hydrogens (tertiary/aromatic N) is 2. The maximum absolute atomic E-state index is 2.56. The summed E-state index contributed by atoms with van der Waals surface area (Å²) in [6.07, 6.45) is 12.8. The Morgan fingerprint density at radius 2 is 0.939 bits per heavy atom. The normalized spacial score (nSPS) is 15.0. The molecule has 0 saturated heterocycles. The molecule has 0 spiro atoms. The molecule has 0 N–H and O–H groups in total. The molecule has 66 heavy (non-hydrogen) atoms. The highest BCUT2D eigenvalue weighted by atomic mass is 15.0. The Labute approximate surface area is 388 Å². The Balaban J connectivity index is 1.15. The highest BCUT2D eigenvalue weighted by molar-refractivity contribution is 6.12. The van der Waals surface area contributed by atoms with Gasteiger partial charge in [0, 0.05) is 38.6 Å². The summed E-state index contributed by atoms with van der Waals surface area (Å²) < 4.78 is 4.96. The molecular weight excluding hydrogens is 797 g/mol. The second-order valence-electron chi connectivity index (χ2n) is 20.9. The van der Waals surface area contributed by atoms with Gasteiger partial charge in [-0.1, -0.05) is 175 Å². The van der Waals surface area contributed by atoms with Crippen LogP contribution in [-0.2, 0) is 10.8 Å². The average molecular weight is 853 g/mol. The van der Waals surface area contributed by atoms with Gasteiger partial charge in [0.25, 0.3) is 0 Å². The number of hydrogen-bond acceptors (Lipinski definition) is 0. The van der Waals surface area contributed by atoms with E-state index in [1.54, 1.807) is 0 Å². The largest absolute Gasteiger partial charge is 0.309 e. The molecule has 322 valence electrons. The molecule has 0 bridgehead atoms. The molecule has 2 aromatic heterocycles. The molecule has 2 aliphatic rings. The third kappa shape index (κ3) is 6.07. The first-order valence-electron chi connectivity index (χ1n) is 23.8.